The summed E-state index contributed by atoms with van der Waals surface area (Å²) in [6.45, 7) is 5.05. The summed E-state index contributed by atoms with van der Waals surface area (Å²) in [5, 5.41) is 0. The normalized spacial score (nSPS) is 18.1. The largest absolute Gasteiger partial charge is 0.468 e. The fraction of sp³-hybridized carbons (Fsp3) is 0.375. The van der Waals surface area contributed by atoms with Crippen molar-refractivity contribution in [1.82, 2.24) is 4.90 Å². The first kappa shape index (κ1) is 13.2. The number of nitrogens with two attached hydrogens (primary N) is 1. The number of furan rings is 1. The molecule has 1 aromatic carbocycles. The maximum Gasteiger partial charge on any atom is 0.121 e. The number of para-hydroxylation sites is 1. The Bertz CT molecular complexity index is 504. The fourth-order valence-electron chi connectivity index (χ4n) is 2.70. The summed E-state index contributed by atoms with van der Waals surface area (Å²) in [4.78, 5) is 4.83. The highest BCUT2D eigenvalue weighted by atomic mass is 16.3. The first-order valence-corrected chi connectivity index (χ1v) is 7.14. The van der Waals surface area contributed by atoms with Crippen molar-refractivity contribution in [2.75, 3.05) is 37.6 Å². The molecule has 1 atom stereocenters. The van der Waals surface area contributed by atoms with Crippen LogP contribution in [0.4, 0.5) is 5.69 Å². The van der Waals surface area contributed by atoms with Gasteiger partial charge in [0.25, 0.3) is 0 Å². The molecule has 1 aromatic heterocycles. The molecule has 3 rings (SSSR count). The van der Waals surface area contributed by atoms with Crippen LogP contribution in [-0.2, 0) is 0 Å². The predicted molar refractivity (Wildman–Crippen MR) is 80.7 cm³/mol. The molecule has 0 spiro atoms. The molecule has 2 N–H and O–H groups in total. The smallest absolute Gasteiger partial charge is 0.121 e. The molecule has 4 nitrogen and oxygen atoms in total. The third kappa shape index (κ3) is 3.03. The molecule has 1 aliphatic heterocycles. The van der Waals surface area contributed by atoms with Crippen LogP contribution in [-0.4, -0.2) is 37.6 Å². The Morgan fingerprint density at radius 2 is 1.75 bits per heavy atom. The molecule has 1 saturated heterocycles. The monoisotopic (exact) mass is 271 g/mol. The van der Waals surface area contributed by atoms with E-state index in [0.29, 0.717) is 0 Å². The Morgan fingerprint density at radius 1 is 1.00 bits per heavy atom. The molecule has 1 unspecified atom stereocenters. The first-order chi connectivity index (χ1) is 9.83. The van der Waals surface area contributed by atoms with E-state index in [-0.39, 0.29) is 6.04 Å². The average molecular weight is 271 g/mol. The first-order valence-electron chi connectivity index (χ1n) is 7.14. The number of rotatable bonds is 4. The molecule has 2 aromatic rings. The van der Waals surface area contributed by atoms with Gasteiger partial charge in [-0.25, -0.2) is 0 Å². The molecule has 2 heterocycles. The van der Waals surface area contributed by atoms with E-state index in [4.69, 9.17) is 10.2 Å². The maximum absolute atomic E-state index is 6.17. The van der Waals surface area contributed by atoms with Crippen molar-refractivity contribution in [3.63, 3.8) is 0 Å². The second-order valence-electron chi connectivity index (χ2n) is 5.25. The van der Waals surface area contributed by atoms with Crippen molar-refractivity contribution in [2.45, 2.75) is 6.04 Å². The minimum absolute atomic E-state index is 0.0340. The van der Waals surface area contributed by atoms with Crippen LogP contribution in [0, 0.1) is 0 Å². The lowest BCUT2D eigenvalue weighted by Crippen LogP contribution is -2.48. The number of anilines is 1. The molecule has 106 valence electrons. The van der Waals surface area contributed by atoms with Gasteiger partial charge in [0.2, 0.25) is 0 Å². The number of piperazine rings is 1. The SMILES string of the molecule is NC(CN1CCN(c2ccccc2)CC1)c1ccco1. The summed E-state index contributed by atoms with van der Waals surface area (Å²) < 4.78 is 5.37. The second-order valence-corrected chi connectivity index (χ2v) is 5.25. The molecule has 1 fully saturated rings. The Balaban J connectivity index is 1.51. The number of benzene rings is 1. The Kier molecular flexibility index (Phi) is 4.04. The van der Waals surface area contributed by atoms with Crippen LogP contribution in [0.5, 0.6) is 0 Å². The summed E-state index contributed by atoms with van der Waals surface area (Å²) in [6, 6.07) is 14.4. The summed E-state index contributed by atoms with van der Waals surface area (Å²) in [5.41, 5.74) is 7.47. The minimum atomic E-state index is -0.0340. The number of nitrogens with zero attached hydrogens (tertiary/aromatic N) is 2. The van der Waals surface area contributed by atoms with Crippen molar-refractivity contribution in [3.05, 3.63) is 54.5 Å². The summed E-state index contributed by atoms with van der Waals surface area (Å²) in [5.74, 6) is 0.871. The second kappa shape index (κ2) is 6.11. The van der Waals surface area contributed by atoms with E-state index >= 15 is 0 Å². The minimum Gasteiger partial charge on any atom is -0.468 e. The Morgan fingerprint density at radius 3 is 2.40 bits per heavy atom. The lowest BCUT2D eigenvalue weighted by molar-refractivity contribution is 0.234. The van der Waals surface area contributed by atoms with E-state index < -0.39 is 0 Å². The van der Waals surface area contributed by atoms with Crippen LogP contribution in [0.15, 0.2) is 53.1 Å². The highest BCUT2D eigenvalue weighted by Crippen LogP contribution is 2.17. The van der Waals surface area contributed by atoms with Gasteiger partial charge in [0.05, 0.1) is 12.3 Å². The summed E-state index contributed by atoms with van der Waals surface area (Å²) in [6.07, 6.45) is 1.68. The summed E-state index contributed by atoms with van der Waals surface area (Å²) >= 11 is 0. The van der Waals surface area contributed by atoms with Crippen LogP contribution in [0.25, 0.3) is 0 Å². The van der Waals surface area contributed by atoms with E-state index in [2.05, 4.69) is 40.1 Å². The van der Waals surface area contributed by atoms with E-state index in [0.717, 1.165) is 38.5 Å². The Labute approximate surface area is 119 Å². The number of hydrogen-bond donors (Lipinski definition) is 1. The fourth-order valence-corrected chi connectivity index (χ4v) is 2.70. The van der Waals surface area contributed by atoms with E-state index in [9.17, 15) is 0 Å². The van der Waals surface area contributed by atoms with Crippen molar-refractivity contribution in [2.24, 2.45) is 5.73 Å². The lowest BCUT2D eigenvalue weighted by atomic mass is 10.2. The molecule has 20 heavy (non-hydrogen) atoms. The third-order valence-corrected chi connectivity index (χ3v) is 3.86. The maximum atomic E-state index is 6.17. The van der Waals surface area contributed by atoms with Gasteiger partial charge >= 0.3 is 0 Å². The standard InChI is InChI=1S/C16H21N3O/c17-15(16-7-4-12-20-16)13-18-8-10-19(11-9-18)14-5-2-1-3-6-14/h1-7,12,15H,8-11,13,17H2. The molecular formula is C16H21N3O. The zero-order chi connectivity index (χ0) is 13.8. The molecule has 0 saturated carbocycles. The zero-order valence-electron chi connectivity index (χ0n) is 11.6. The van der Waals surface area contributed by atoms with Gasteiger partial charge < -0.3 is 15.1 Å². The number of hydrogen-bond acceptors (Lipinski definition) is 4. The molecule has 4 heteroatoms. The quantitative estimate of drug-likeness (QED) is 0.925. The van der Waals surface area contributed by atoms with Gasteiger partial charge in [0.1, 0.15) is 5.76 Å². The van der Waals surface area contributed by atoms with E-state index in [1.54, 1.807) is 6.26 Å². The van der Waals surface area contributed by atoms with Crippen LogP contribution in [0.3, 0.4) is 0 Å². The van der Waals surface area contributed by atoms with Gasteiger partial charge in [0.15, 0.2) is 0 Å². The van der Waals surface area contributed by atoms with Crippen molar-refractivity contribution < 1.29 is 4.42 Å². The molecule has 1 aliphatic rings. The third-order valence-electron chi connectivity index (χ3n) is 3.86. The highest BCUT2D eigenvalue weighted by molar-refractivity contribution is 5.46. The molecule has 0 amide bonds. The topological polar surface area (TPSA) is 45.6 Å². The van der Waals surface area contributed by atoms with Gasteiger partial charge in [-0.05, 0) is 24.3 Å². The van der Waals surface area contributed by atoms with E-state index in [1.807, 2.05) is 12.1 Å². The van der Waals surface area contributed by atoms with E-state index in [1.165, 1.54) is 5.69 Å². The summed E-state index contributed by atoms with van der Waals surface area (Å²) in [7, 11) is 0. The van der Waals surface area contributed by atoms with Gasteiger partial charge in [-0.15, -0.1) is 0 Å². The zero-order valence-corrected chi connectivity index (χ0v) is 11.6. The lowest BCUT2D eigenvalue weighted by Gasteiger charge is -2.36. The van der Waals surface area contributed by atoms with Gasteiger partial charge in [-0.2, -0.15) is 0 Å². The van der Waals surface area contributed by atoms with Crippen LogP contribution < -0.4 is 10.6 Å². The Hall–Kier alpha value is -1.78. The van der Waals surface area contributed by atoms with Crippen molar-refractivity contribution in [1.29, 1.82) is 0 Å². The van der Waals surface area contributed by atoms with Crippen LogP contribution in [0.2, 0.25) is 0 Å². The van der Waals surface area contributed by atoms with Gasteiger partial charge in [0, 0.05) is 38.4 Å². The van der Waals surface area contributed by atoms with Crippen LogP contribution in [0.1, 0.15) is 11.8 Å². The molecule has 0 bridgehead atoms. The van der Waals surface area contributed by atoms with Crippen molar-refractivity contribution >= 4 is 5.69 Å². The average Bonchev–Trinajstić information content (AvgIpc) is 3.03. The highest BCUT2D eigenvalue weighted by Gasteiger charge is 2.20. The molecule has 0 radical (unpaired) electrons. The predicted octanol–water partition coefficient (Wildman–Crippen LogP) is 2.10. The van der Waals surface area contributed by atoms with Crippen molar-refractivity contribution in [3.8, 4) is 0 Å². The van der Waals surface area contributed by atoms with Gasteiger partial charge in [-0.1, -0.05) is 18.2 Å². The molecule has 0 aliphatic carbocycles. The van der Waals surface area contributed by atoms with Gasteiger partial charge in [-0.3, -0.25) is 4.90 Å². The van der Waals surface area contributed by atoms with Crippen LogP contribution >= 0.6 is 0 Å². The molecular weight excluding hydrogens is 250 g/mol.